The highest BCUT2D eigenvalue weighted by molar-refractivity contribution is 5.71. The molecule has 0 saturated carbocycles. The average molecular weight is 236 g/mol. The smallest absolute Gasteiger partial charge is 0.344 e. The molecule has 3 nitrogen and oxygen atoms in total. The molecule has 0 N–H and O–H groups in total. The molecule has 0 atom stereocenters. The first-order valence-electron chi connectivity index (χ1n) is 5.70. The van der Waals surface area contributed by atoms with Gasteiger partial charge >= 0.3 is 5.97 Å². The molecule has 0 heterocycles. The lowest BCUT2D eigenvalue weighted by atomic mass is 10.1. The van der Waals surface area contributed by atoms with Gasteiger partial charge in [0.2, 0.25) is 0 Å². The number of esters is 1. The number of hydrogen-bond acceptors (Lipinski definition) is 3. The van der Waals surface area contributed by atoms with Crippen LogP contribution < -0.4 is 4.74 Å². The van der Waals surface area contributed by atoms with Gasteiger partial charge in [-0.1, -0.05) is 17.7 Å². The highest BCUT2D eigenvalue weighted by Gasteiger charge is 2.16. The van der Waals surface area contributed by atoms with Crippen LogP contribution in [0.5, 0.6) is 5.75 Å². The molecule has 1 aromatic carbocycles. The van der Waals surface area contributed by atoms with Crippen LogP contribution in [0, 0.1) is 13.8 Å². The molecule has 0 spiro atoms. The molecule has 17 heavy (non-hydrogen) atoms. The number of carbonyl (C=O) groups excluding carboxylic acids is 1. The van der Waals surface area contributed by atoms with Crippen LogP contribution in [0.4, 0.5) is 0 Å². The molecule has 0 aliphatic carbocycles. The summed E-state index contributed by atoms with van der Waals surface area (Å²) in [5.74, 6) is 0.374. The standard InChI is InChI=1S/C14H20O3/c1-10-6-7-12(11(2)8-10)16-9-13(15)17-14(3,4)5/h6-8H,9H2,1-5H3. The van der Waals surface area contributed by atoms with Gasteiger partial charge in [-0.3, -0.25) is 0 Å². The molecule has 3 heteroatoms. The molecule has 0 aromatic heterocycles. The van der Waals surface area contributed by atoms with Gasteiger partial charge in [-0.2, -0.15) is 0 Å². The predicted molar refractivity (Wildman–Crippen MR) is 67.3 cm³/mol. The third kappa shape index (κ3) is 4.89. The summed E-state index contributed by atoms with van der Waals surface area (Å²) in [4.78, 5) is 11.5. The van der Waals surface area contributed by atoms with Crippen LogP contribution in [-0.4, -0.2) is 18.2 Å². The maximum atomic E-state index is 11.5. The van der Waals surface area contributed by atoms with Crippen molar-refractivity contribution in [2.75, 3.05) is 6.61 Å². The first kappa shape index (κ1) is 13.6. The Labute approximate surface area is 103 Å². The fourth-order valence-corrected chi connectivity index (χ4v) is 1.47. The highest BCUT2D eigenvalue weighted by atomic mass is 16.6. The van der Waals surface area contributed by atoms with E-state index in [1.165, 1.54) is 5.56 Å². The van der Waals surface area contributed by atoms with E-state index in [0.717, 1.165) is 11.3 Å². The Kier molecular flexibility index (Phi) is 4.16. The lowest BCUT2D eigenvalue weighted by molar-refractivity contribution is -0.157. The van der Waals surface area contributed by atoms with Crippen LogP contribution in [-0.2, 0) is 9.53 Å². The lowest BCUT2D eigenvalue weighted by Crippen LogP contribution is -2.27. The van der Waals surface area contributed by atoms with E-state index in [9.17, 15) is 4.79 Å². The van der Waals surface area contributed by atoms with Gasteiger partial charge in [0.25, 0.3) is 0 Å². The van der Waals surface area contributed by atoms with Crippen LogP contribution in [0.3, 0.4) is 0 Å². The summed E-state index contributed by atoms with van der Waals surface area (Å²) in [6, 6.07) is 5.84. The van der Waals surface area contributed by atoms with Crippen molar-refractivity contribution in [2.45, 2.75) is 40.2 Å². The van der Waals surface area contributed by atoms with Crippen molar-refractivity contribution in [2.24, 2.45) is 0 Å². The van der Waals surface area contributed by atoms with Crippen LogP contribution in [0.25, 0.3) is 0 Å². The Morgan fingerprint density at radius 3 is 2.41 bits per heavy atom. The molecule has 0 amide bonds. The molecule has 0 aliphatic heterocycles. The maximum absolute atomic E-state index is 11.5. The topological polar surface area (TPSA) is 35.5 Å². The lowest BCUT2D eigenvalue weighted by Gasteiger charge is -2.19. The maximum Gasteiger partial charge on any atom is 0.344 e. The average Bonchev–Trinajstić information content (AvgIpc) is 2.13. The molecule has 0 aliphatic rings. The van der Waals surface area contributed by atoms with E-state index < -0.39 is 5.60 Å². The molecule has 1 rings (SSSR count). The summed E-state index contributed by atoms with van der Waals surface area (Å²) in [5.41, 5.74) is 1.73. The Bertz CT molecular complexity index is 402. The number of hydrogen-bond donors (Lipinski definition) is 0. The minimum Gasteiger partial charge on any atom is -0.482 e. The number of carbonyl (C=O) groups is 1. The third-order valence-electron chi connectivity index (χ3n) is 2.10. The van der Waals surface area contributed by atoms with Crippen LogP contribution in [0.2, 0.25) is 0 Å². The van der Waals surface area contributed by atoms with Gasteiger partial charge in [0.05, 0.1) is 0 Å². The molecule has 0 radical (unpaired) electrons. The second kappa shape index (κ2) is 5.21. The Morgan fingerprint density at radius 1 is 1.24 bits per heavy atom. The zero-order chi connectivity index (χ0) is 13.1. The van der Waals surface area contributed by atoms with Gasteiger partial charge in [0, 0.05) is 0 Å². The number of rotatable bonds is 3. The van der Waals surface area contributed by atoms with Crippen molar-refractivity contribution < 1.29 is 14.3 Å². The van der Waals surface area contributed by atoms with Gasteiger partial charge in [0.15, 0.2) is 6.61 Å². The summed E-state index contributed by atoms with van der Waals surface area (Å²) in [6.07, 6.45) is 0. The fourth-order valence-electron chi connectivity index (χ4n) is 1.47. The molecule has 0 bridgehead atoms. The quantitative estimate of drug-likeness (QED) is 0.757. The van der Waals surface area contributed by atoms with E-state index in [2.05, 4.69) is 0 Å². The minimum absolute atomic E-state index is 0.0544. The van der Waals surface area contributed by atoms with E-state index in [1.807, 2.05) is 52.8 Å². The molecule has 0 unspecified atom stereocenters. The first-order valence-corrected chi connectivity index (χ1v) is 5.70. The first-order chi connectivity index (χ1) is 7.78. The number of aryl methyl sites for hydroxylation is 2. The SMILES string of the molecule is Cc1ccc(OCC(=O)OC(C)(C)C)c(C)c1. The van der Waals surface area contributed by atoms with Crippen molar-refractivity contribution in [1.82, 2.24) is 0 Å². The molecule has 0 saturated heterocycles. The van der Waals surface area contributed by atoms with Gasteiger partial charge in [-0.05, 0) is 46.2 Å². The van der Waals surface area contributed by atoms with Crippen molar-refractivity contribution in [1.29, 1.82) is 0 Å². The van der Waals surface area contributed by atoms with E-state index in [4.69, 9.17) is 9.47 Å². The van der Waals surface area contributed by atoms with Crippen molar-refractivity contribution in [3.63, 3.8) is 0 Å². The molecule has 0 fully saturated rings. The zero-order valence-corrected chi connectivity index (χ0v) is 11.2. The number of benzene rings is 1. The van der Waals surface area contributed by atoms with E-state index >= 15 is 0 Å². The molecular weight excluding hydrogens is 216 g/mol. The fraction of sp³-hybridized carbons (Fsp3) is 0.500. The second-order valence-electron chi connectivity index (χ2n) is 5.14. The summed E-state index contributed by atoms with van der Waals surface area (Å²) < 4.78 is 10.6. The predicted octanol–water partition coefficient (Wildman–Crippen LogP) is 3.02. The highest BCUT2D eigenvalue weighted by Crippen LogP contribution is 2.18. The summed E-state index contributed by atoms with van der Waals surface area (Å²) >= 11 is 0. The number of ether oxygens (including phenoxy) is 2. The van der Waals surface area contributed by atoms with E-state index in [1.54, 1.807) is 0 Å². The van der Waals surface area contributed by atoms with Crippen molar-refractivity contribution in [3.05, 3.63) is 29.3 Å². The summed E-state index contributed by atoms with van der Waals surface area (Å²) in [5, 5.41) is 0. The van der Waals surface area contributed by atoms with Gasteiger partial charge < -0.3 is 9.47 Å². The van der Waals surface area contributed by atoms with Crippen molar-refractivity contribution in [3.8, 4) is 5.75 Å². The van der Waals surface area contributed by atoms with E-state index in [-0.39, 0.29) is 12.6 Å². The van der Waals surface area contributed by atoms with Gasteiger partial charge in [0.1, 0.15) is 11.4 Å². The van der Waals surface area contributed by atoms with Crippen LogP contribution >= 0.6 is 0 Å². The normalized spacial score (nSPS) is 11.1. The second-order valence-corrected chi connectivity index (χ2v) is 5.14. The molecular formula is C14H20O3. The van der Waals surface area contributed by atoms with Crippen LogP contribution in [0.15, 0.2) is 18.2 Å². The molecule has 94 valence electrons. The molecule has 1 aromatic rings. The third-order valence-corrected chi connectivity index (χ3v) is 2.10. The zero-order valence-electron chi connectivity index (χ0n) is 11.2. The minimum atomic E-state index is -0.469. The Morgan fingerprint density at radius 2 is 1.88 bits per heavy atom. The Hall–Kier alpha value is -1.51. The Balaban J connectivity index is 2.53. The van der Waals surface area contributed by atoms with Crippen LogP contribution in [0.1, 0.15) is 31.9 Å². The largest absolute Gasteiger partial charge is 0.482 e. The van der Waals surface area contributed by atoms with Crippen molar-refractivity contribution >= 4 is 5.97 Å². The summed E-state index contributed by atoms with van der Waals surface area (Å²) in [6.45, 7) is 9.43. The summed E-state index contributed by atoms with van der Waals surface area (Å²) in [7, 11) is 0. The van der Waals surface area contributed by atoms with Gasteiger partial charge in [-0.25, -0.2) is 4.79 Å². The van der Waals surface area contributed by atoms with Gasteiger partial charge in [-0.15, -0.1) is 0 Å². The van der Waals surface area contributed by atoms with E-state index in [0.29, 0.717) is 0 Å². The monoisotopic (exact) mass is 236 g/mol.